The van der Waals surface area contributed by atoms with E-state index in [9.17, 15) is 9.59 Å². The largest absolute Gasteiger partial charge is 0.478 e. The predicted molar refractivity (Wildman–Crippen MR) is 65.5 cm³/mol. The van der Waals surface area contributed by atoms with Crippen LogP contribution in [0.3, 0.4) is 0 Å². The third-order valence-corrected chi connectivity index (χ3v) is 3.40. The van der Waals surface area contributed by atoms with Crippen molar-refractivity contribution in [2.24, 2.45) is 0 Å². The molecule has 1 aromatic heterocycles. The van der Waals surface area contributed by atoms with Crippen LogP contribution in [0.1, 0.15) is 15.2 Å². The van der Waals surface area contributed by atoms with E-state index in [1.54, 1.807) is 12.1 Å². The fourth-order valence-electron chi connectivity index (χ4n) is 1.54. The van der Waals surface area contributed by atoms with E-state index in [0.29, 0.717) is 5.56 Å². The van der Waals surface area contributed by atoms with Gasteiger partial charge < -0.3 is 10.2 Å². The van der Waals surface area contributed by atoms with Gasteiger partial charge in [0, 0.05) is 21.7 Å². The number of hydrogen-bond acceptors (Lipinski definition) is 3. The van der Waals surface area contributed by atoms with E-state index in [2.05, 4.69) is 0 Å². The number of carboxylic acids is 2. The molecule has 0 unspecified atom stereocenters. The monoisotopic (exact) mass is 248 g/mol. The van der Waals surface area contributed by atoms with Crippen LogP contribution in [-0.4, -0.2) is 22.2 Å². The van der Waals surface area contributed by atoms with E-state index >= 15 is 0 Å². The minimum Gasteiger partial charge on any atom is -0.478 e. The van der Waals surface area contributed by atoms with Crippen LogP contribution in [0.5, 0.6) is 0 Å². The molecule has 1 aromatic carbocycles. The second kappa shape index (κ2) is 4.39. The molecule has 0 spiro atoms. The molecular weight excluding hydrogens is 240 g/mol. The SMILES string of the molecule is O=C(O)C=Cc1c(C(=O)O)sc2ccccc12. The van der Waals surface area contributed by atoms with Gasteiger partial charge in [-0.3, -0.25) is 0 Å². The molecule has 2 N–H and O–H groups in total. The fraction of sp³-hybridized carbons (Fsp3) is 0. The minimum atomic E-state index is -1.10. The lowest BCUT2D eigenvalue weighted by atomic mass is 10.1. The van der Waals surface area contributed by atoms with Crippen LogP contribution in [0.4, 0.5) is 0 Å². The maximum Gasteiger partial charge on any atom is 0.346 e. The summed E-state index contributed by atoms with van der Waals surface area (Å²) in [4.78, 5) is 21.7. The molecule has 0 radical (unpaired) electrons. The molecule has 0 amide bonds. The molecule has 0 saturated carbocycles. The highest BCUT2D eigenvalue weighted by atomic mass is 32.1. The Bertz CT molecular complexity index is 624. The molecule has 0 aliphatic heterocycles. The van der Waals surface area contributed by atoms with Gasteiger partial charge in [-0.05, 0) is 12.1 Å². The van der Waals surface area contributed by atoms with Gasteiger partial charge in [0.1, 0.15) is 4.88 Å². The van der Waals surface area contributed by atoms with Crippen molar-refractivity contribution in [1.29, 1.82) is 0 Å². The standard InChI is InChI=1S/C12H8O4S/c13-10(14)6-5-8-7-3-1-2-4-9(7)17-11(8)12(15)16/h1-6H,(H,13,14)(H,15,16). The average molecular weight is 248 g/mol. The Morgan fingerprint density at radius 1 is 1.18 bits per heavy atom. The van der Waals surface area contributed by atoms with Gasteiger partial charge in [-0.2, -0.15) is 0 Å². The zero-order valence-corrected chi connectivity index (χ0v) is 9.40. The predicted octanol–water partition coefficient (Wildman–Crippen LogP) is 2.70. The van der Waals surface area contributed by atoms with Crippen molar-refractivity contribution in [1.82, 2.24) is 0 Å². The lowest BCUT2D eigenvalue weighted by molar-refractivity contribution is -0.131. The first-order valence-corrected chi connectivity index (χ1v) is 5.57. The summed E-state index contributed by atoms with van der Waals surface area (Å²) in [5.74, 6) is -2.15. The van der Waals surface area contributed by atoms with Gasteiger partial charge in [0.05, 0.1) is 0 Å². The number of rotatable bonds is 3. The Balaban J connectivity index is 2.68. The Morgan fingerprint density at radius 2 is 1.88 bits per heavy atom. The van der Waals surface area contributed by atoms with Crippen LogP contribution < -0.4 is 0 Å². The Labute approximate surface area is 100 Å². The van der Waals surface area contributed by atoms with Crippen molar-refractivity contribution in [3.63, 3.8) is 0 Å². The molecule has 0 aliphatic carbocycles. The molecule has 86 valence electrons. The topological polar surface area (TPSA) is 74.6 Å². The second-order valence-electron chi connectivity index (χ2n) is 3.32. The maximum atomic E-state index is 11.1. The molecule has 17 heavy (non-hydrogen) atoms. The first-order chi connectivity index (χ1) is 8.09. The fourth-order valence-corrected chi connectivity index (χ4v) is 2.57. The highest BCUT2D eigenvalue weighted by molar-refractivity contribution is 7.21. The van der Waals surface area contributed by atoms with Crippen molar-refractivity contribution in [3.05, 3.63) is 40.8 Å². The van der Waals surface area contributed by atoms with E-state index < -0.39 is 11.9 Å². The lowest BCUT2D eigenvalue weighted by Crippen LogP contribution is -1.95. The van der Waals surface area contributed by atoms with Gasteiger partial charge in [0.2, 0.25) is 0 Å². The first-order valence-electron chi connectivity index (χ1n) is 4.75. The molecule has 0 saturated heterocycles. The summed E-state index contributed by atoms with van der Waals surface area (Å²) in [5.41, 5.74) is 0.445. The van der Waals surface area contributed by atoms with Crippen molar-refractivity contribution in [3.8, 4) is 0 Å². The molecule has 0 bridgehead atoms. The number of carbonyl (C=O) groups is 2. The number of aliphatic carboxylic acids is 1. The molecular formula is C12H8O4S. The highest BCUT2D eigenvalue weighted by Gasteiger charge is 2.15. The van der Waals surface area contributed by atoms with E-state index in [1.807, 2.05) is 12.1 Å². The van der Waals surface area contributed by atoms with E-state index in [-0.39, 0.29) is 4.88 Å². The number of thiophene rings is 1. The van der Waals surface area contributed by atoms with Gasteiger partial charge in [-0.1, -0.05) is 18.2 Å². The smallest absolute Gasteiger partial charge is 0.346 e. The van der Waals surface area contributed by atoms with Crippen molar-refractivity contribution < 1.29 is 19.8 Å². The number of carboxylic acid groups (broad SMARTS) is 2. The van der Waals surface area contributed by atoms with Gasteiger partial charge in [-0.15, -0.1) is 11.3 Å². The second-order valence-corrected chi connectivity index (χ2v) is 4.37. The normalized spacial score (nSPS) is 11.1. The van der Waals surface area contributed by atoms with E-state index in [0.717, 1.165) is 27.5 Å². The van der Waals surface area contributed by atoms with Gasteiger partial charge in [-0.25, -0.2) is 9.59 Å². The summed E-state index contributed by atoms with van der Waals surface area (Å²) in [6.45, 7) is 0. The minimum absolute atomic E-state index is 0.156. The van der Waals surface area contributed by atoms with Gasteiger partial charge in [0.15, 0.2) is 0 Å². The number of fused-ring (bicyclic) bond motifs is 1. The van der Waals surface area contributed by atoms with Crippen molar-refractivity contribution in [2.75, 3.05) is 0 Å². The quantitative estimate of drug-likeness (QED) is 0.819. The molecule has 2 aromatic rings. The zero-order valence-electron chi connectivity index (χ0n) is 8.58. The maximum absolute atomic E-state index is 11.1. The average Bonchev–Trinajstić information content (AvgIpc) is 2.65. The van der Waals surface area contributed by atoms with Crippen LogP contribution in [0.25, 0.3) is 16.2 Å². The summed E-state index contributed by atoms with van der Waals surface area (Å²) in [6, 6.07) is 7.19. The van der Waals surface area contributed by atoms with Crippen molar-refractivity contribution >= 4 is 39.4 Å². The van der Waals surface area contributed by atoms with Crippen LogP contribution in [0.2, 0.25) is 0 Å². The Kier molecular flexibility index (Phi) is 2.93. The molecule has 0 aliphatic rings. The molecule has 0 atom stereocenters. The lowest BCUT2D eigenvalue weighted by Gasteiger charge is -1.93. The molecule has 0 fully saturated rings. The van der Waals surface area contributed by atoms with Crippen LogP contribution in [0, 0.1) is 0 Å². The van der Waals surface area contributed by atoms with Gasteiger partial charge >= 0.3 is 11.9 Å². The number of aromatic carboxylic acids is 1. The molecule has 1 heterocycles. The zero-order chi connectivity index (χ0) is 12.4. The molecule has 4 nitrogen and oxygen atoms in total. The summed E-state index contributed by atoms with van der Waals surface area (Å²) < 4.78 is 0.829. The Morgan fingerprint density at radius 3 is 2.53 bits per heavy atom. The van der Waals surface area contributed by atoms with E-state index in [1.165, 1.54) is 6.08 Å². The Hall–Kier alpha value is -2.14. The van der Waals surface area contributed by atoms with Gasteiger partial charge in [0.25, 0.3) is 0 Å². The van der Waals surface area contributed by atoms with Crippen LogP contribution >= 0.6 is 11.3 Å². The third kappa shape index (κ3) is 2.19. The van der Waals surface area contributed by atoms with Crippen LogP contribution in [-0.2, 0) is 4.79 Å². The first kappa shape index (κ1) is 11.3. The number of hydrogen-bond donors (Lipinski definition) is 2. The van der Waals surface area contributed by atoms with E-state index in [4.69, 9.17) is 10.2 Å². The van der Waals surface area contributed by atoms with Crippen LogP contribution in [0.15, 0.2) is 30.3 Å². The highest BCUT2D eigenvalue weighted by Crippen LogP contribution is 2.32. The summed E-state index contributed by atoms with van der Waals surface area (Å²) in [7, 11) is 0. The molecule has 5 heteroatoms. The third-order valence-electron chi connectivity index (χ3n) is 2.22. The summed E-state index contributed by atoms with van der Waals surface area (Å²) in [5, 5.41) is 18.4. The number of benzene rings is 1. The van der Waals surface area contributed by atoms with Crippen molar-refractivity contribution in [2.45, 2.75) is 0 Å². The summed E-state index contributed by atoms with van der Waals surface area (Å²) >= 11 is 1.14. The molecule has 2 rings (SSSR count). The summed E-state index contributed by atoms with van der Waals surface area (Å²) in [6.07, 6.45) is 2.27.